The number of halogens is 4. The predicted molar refractivity (Wildman–Crippen MR) is 90.7 cm³/mol. The van der Waals surface area contributed by atoms with E-state index in [1.807, 2.05) is 0 Å². The van der Waals surface area contributed by atoms with Gasteiger partial charge >= 0.3 is 6.18 Å². The van der Waals surface area contributed by atoms with Crippen LogP contribution in [0.15, 0.2) is 29.2 Å². The molecular weight excluding hydrogens is 357 g/mol. The molecule has 0 unspecified atom stereocenters. The Balaban J connectivity index is 0.00000225. The van der Waals surface area contributed by atoms with Crippen molar-refractivity contribution in [1.29, 1.82) is 0 Å². The van der Waals surface area contributed by atoms with Crippen LogP contribution in [-0.2, 0) is 12.7 Å². The van der Waals surface area contributed by atoms with Crippen LogP contribution in [0.2, 0.25) is 0 Å². The van der Waals surface area contributed by atoms with Crippen LogP contribution in [0.4, 0.5) is 13.2 Å². The summed E-state index contributed by atoms with van der Waals surface area (Å²) in [4.78, 5) is 12.2. The monoisotopic (exact) mass is 376 g/mol. The molecule has 0 aromatic carbocycles. The summed E-state index contributed by atoms with van der Waals surface area (Å²) in [7, 11) is 0. The second-order valence-corrected chi connectivity index (χ2v) is 6.95. The molecule has 3 rings (SSSR count). The van der Waals surface area contributed by atoms with Gasteiger partial charge in [0.25, 0.3) is 5.56 Å². The maximum absolute atomic E-state index is 13.0. The molecule has 0 spiro atoms. The minimum absolute atomic E-state index is 0. The molecule has 2 aromatic heterocycles. The number of nitrogens with two attached hydrogens (primary N) is 1. The molecule has 25 heavy (non-hydrogen) atoms. The molecule has 0 amide bonds. The van der Waals surface area contributed by atoms with Gasteiger partial charge in [0.05, 0.1) is 12.2 Å². The number of aromatic nitrogens is 3. The minimum atomic E-state index is -4.55. The van der Waals surface area contributed by atoms with Crippen molar-refractivity contribution in [2.24, 2.45) is 5.73 Å². The fraction of sp³-hybridized carbons (Fsp3) is 0.500. The van der Waals surface area contributed by atoms with Gasteiger partial charge in [0.1, 0.15) is 0 Å². The van der Waals surface area contributed by atoms with Gasteiger partial charge in [-0.3, -0.25) is 9.48 Å². The van der Waals surface area contributed by atoms with Crippen LogP contribution in [0, 0.1) is 0 Å². The third-order valence-corrected chi connectivity index (χ3v) is 3.81. The van der Waals surface area contributed by atoms with Crippen LogP contribution in [0.5, 0.6) is 0 Å². The first-order chi connectivity index (χ1) is 11.0. The van der Waals surface area contributed by atoms with Gasteiger partial charge in [-0.1, -0.05) is 0 Å². The van der Waals surface area contributed by atoms with E-state index in [0.29, 0.717) is 5.56 Å². The molecule has 2 aromatic rings. The summed E-state index contributed by atoms with van der Waals surface area (Å²) in [5, 5.41) is 3.65. The number of hydrogen-bond acceptors (Lipinski definition) is 3. The highest BCUT2D eigenvalue weighted by Gasteiger charge is 2.35. The average molecular weight is 377 g/mol. The van der Waals surface area contributed by atoms with E-state index in [-0.39, 0.29) is 36.2 Å². The summed E-state index contributed by atoms with van der Waals surface area (Å²) in [6.45, 7) is 3.51. The van der Waals surface area contributed by atoms with Gasteiger partial charge in [-0.2, -0.15) is 18.3 Å². The molecule has 0 atom stereocenters. The number of hydrogen-bond donors (Lipinski definition) is 1. The van der Waals surface area contributed by atoms with E-state index in [1.54, 1.807) is 30.7 Å². The Morgan fingerprint density at radius 1 is 1.28 bits per heavy atom. The third-order valence-electron chi connectivity index (χ3n) is 3.81. The van der Waals surface area contributed by atoms with Gasteiger partial charge in [0, 0.05) is 29.4 Å². The van der Waals surface area contributed by atoms with E-state index in [1.165, 1.54) is 10.7 Å². The Hall–Kier alpha value is -1.80. The maximum atomic E-state index is 13.0. The number of alkyl halides is 3. The van der Waals surface area contributed by atoms with Gasteiger partial charge in [0.15, 0.2) is 5.69 Å². The zero-order chi connectivity index (χ0) is 17.7. The maximum Gasteiger partial charge on any atom is 0.435 e. The summed E-state index contributed by atoms with van der Waals surface area (Å²) >= 11 is 0. The molecule has 1 saturated carbocycles. The van der Waals surface area contributed by atoms with Crippen molar-refractivity contribution in [2.75, 3.05) is 0 Å². The van der Waals surface area contributed by atoms with Crippen molar-refractivity contribution in [3.8, 4) is 11.3 Å². The van der Waals surface area contributed by atoms with Crippen LogP contribution < -0.4 is 11.3 Å². The zero-order valence-electron chi connectivity index (χ0n) is 13.9. The van der Waals surface area contributed by atoms with Crippen molar-refractivity contribution in [2.45, 2.75) is 51.0 Å². The Labute approximate surface area is 149 Å². The fourth-order valence-electron chi connectivity index (χ4n) is 2.60. The van der Waals surface area contributed by atoms with Gasteiger partial charge in [-0.15, -0.1) is 12.4 Å². The number of rotatable bonds is 4. The standard InChI is InChI=1S/C16H19F3N4O.ClH/c1-15(2,20)9-23-12(8-13(21-23)16(17,18)19)10-5-6-22(11-3-4-11)14(24)7-10;/h5-8,11H,3-4,9,20H2,1-2H3;1H. The molecule has 5 nitrogen and oxygen atoms in total. The lowest BCUT2D eigenvalue weighted by Gasteiger charge is -2.20. The van der Waals surface area contributed by atoms with Crippen molar-refractivity contribution >= 4 is 12.4 Å². The summed E-state index contributed by atoms with van der Waals surface area (Å²) in [6.07, 6.45) is -1.01. The highest BCUT2D eigenvalue weighted by molar-refractivity contribution is 5.85. The van der Waals surface area contributed by atoms with E-state index < -0.39 is 17.4 Å². The molecule has 1 aliphatic rings. The van der Waals surface area contributed by atoms with E-state index in [4.69, 9.17) is 5.73 Å². The summed E-state index contributed by atoms with van der Waals surface area (Å²) in [6, 6.07) is 4.18. The van der Waals surface area contributed by atoms with Crippen LogP contribution in [0.3, 0.4) is 0 Å². The Morgan fingerprint density at radius 3 is 2.40 bits per heavy atom. The Kier molecular flexibility index (Phi) is 5.07. The molecule has 138 valence electrons. The van der Waals surface area contributed by atoms with E-state index in [0.717, 1.165) is 18.9 Å². The van der Waals surface area contributed by atoms with Crippen LogP contribution in [0.25, 0.3) is 11.3 Å². The second kappa shape index (κ2) is 6.49. The SMILES string of the molecule is CC(C)(N)Cn1nc(C(F)(F)F)cc1-c1ccn(C2CC2)c(=O)c1.Cl. The molecule has 1 aliphatic carbocycles. The lowest BCUT2D eigenvalue weighted by molar-refractivity contribution is -0.141. The third kappa shape index (κ3) is 4.43. The largest absolute Gasteiger partial charge is 0.435 e. The molecule has 2 N–H and O–H groups in total. The van der Waals surface area contributed by atoms with E-state index in [9.17, 15) is 18.0 Å². The average Bonchev–Trinajstić information content (AvgIpc) is 3.17. The van der Waals surface area contributed by atoms with Crippen molar-refractivity contribution in [3.05, 3.63) is 40.4 Å². The van der Waals surface area contributed by atoms with E-state index in [2.05, 4.69) is 5.10 Å². The molecular formula is C16H20ClF3N4O. The summed E-state index contributed by atoms with van der Waals surface area (Å²) in [5.41, 5.74) is 4.62. The highest BCUT2D eigenvalue weighted by atomic mass is 35.5. The second-order valence-electron chi connectivity index (χ2n) is 6.95. The highest BCUT2D eigenvalue weighted by Crippen LogP contribution is 2.34. The number of nitrogens with zero attached hydrogens (tertiary/aromatic N) is 3. The van der Waals surface area contributed by atoms with E-state index >= 15 is 0 Å². The summed E-state index contributed by atoms with van der Waals surface area (Å²) < 4.78 is 41.9. The first kappa shape index (κ1) is 19.5. The van der Waals surface area contributed by atoms with Gasteiger partial charge in [-0.25, -0.2) is 0 Å². The first-order valence-electron chi connectivity index (χ1n) is 7.71. The van der Waals surface area contributed by atoms with Crippen molar-refractivity contribution in [1.82, 2.24) is 14.3 Å². The smallest absolute Gasteiger partial charge is 0.324 e. The topological polar surface area (TPSA) is 65.8 Å². The molecule has 1 fully saturated rings. The predicted octanol–water partition coefficient (Wildman–Crippen LogP) is 3.22. The normalized spacial score (nSPS) is 15.1. The van der Waals surface area contributed by atoms with Gasteiger partial charge < -0.3 is 10.3 Å². The lowest BCUT2D eigenvalue weighted by atomic mass is 10.1. The minimum Gasteiger partial charge on any atom is -0.324 e. The fourth-order valence-corrected chi connectivity index (χ4v) is 2.60. The molecule has 0 aliphatic heterocycles. The Bertz CT molecular complexity index is 816. The van der Waals surface area contributed by atoms with Crippen molar-refractivity contribution < 1.29 is 13.2 Å². The van der Waals surface area contributed by atoms with Gasteiger partial charge in [-0.05, 0) is 38.8 Å². The molecule has 0 saturated heterocycles. The molecule has 9 heteroatoms. The zero-order valence-corrected chi connectivity index (χ0v) is 14.7. The first-order valence-corrected chi connectivity index (χ1v) is 7.71. The number of pyridine rings is 1. The van der Waals surface area contributed by atoms with Crippen molar-refractivity contribution in [3.63, 3.8) is 0 Å². The lowest BCUT2D eigenvalue weighted by Crippen LogP contribution is -2.37. The quantitative estimate of drug-likeness (QED) is 0.891. The van der Waals surface area contributed by atoms with Crippen LogP contribution in [-0.4, -0.2) is 19.9 Å². The summed E-state index contributed by atoms with van der Waals surface area (Å²) in [5.74, 6) is 0. The molecule has 0 radical (unpaired) electrons. The van der Waals surface area contributed by atoms with Gasteiger partial charge in [0.2, 0.25) is 0 Å². The molecule has 0 bridgehead atoms. The Morgan fingerprint density at radius 2 is 1.92 bits per heavy atom. The molecule has 2 heterocycles. The van der Waals surface area contributed by atoms with Crippen LogP contribution >= 0.6 is 12.4 Å². The van der Waals surface area contributed by atoms with Crippen LogP contribution in [0.1, 0.15) is 38.4 Å².